The highest BCUT2D eigenvalue weighted by Crippen LogP contribution is 2.37. The SMILES string of the molecule is CCOC(=O)N1CCc2c(sc(NC(=O)c3ccc(S(=O)(=O)N(C)Cc4ccccc4)cc3)c2C(=O)NC(=O)NC)C1. The molecular formula is C28H31N5O7S2. The minimum absolute atomic E-state index is 0.0220. The van der Waals surface area contributed by atoms with Crippen molar-refractivity contribution in [3.8, 4) is 0 Å². The molecule has 0 saturated carbocycles. The zero-order valence-corrected chi connectivity index (χ0v) is 24.9. The van der Waals surface area contributed by atoms with E-state index in [1.807, 2.05) is 30.3 Å². The third kappa shape index (κ3) is 6.78. The van der Waals surface area contributed by atoms with Gasteiger partial charge in [-0.3, -0.25) is 14.9 Å². The Morgan fingerprint density at radius 3 is 2.36 bits per heavy atom. The molecule has 42 heavy (non-hydrogen) atoms. The summed E-state index contributed by atoms with van der Waals surface area (Å²) in [6.45, 7) is 2.58. The Morgan fingerprint density at radius 2 is 1.71 bits per heavy atom. The van der Waals surface area contributed by atoms with E-state index in [1.165, 1.54) is 47.6 Å². The van der Waals surface area contributed by atoms with Crippen molar-refractivity contribution in [3.63, 3.8) is 0 Å². The van der Waals surface area contributed by atoms with E-state index in [1.54, 1.807) is 6.92 Å². The van der Waals surface area contributed by atoms with Gasteiger partial charge in [0, 0.05) is 37.6 Å². The molecule has 2 heterocycles. The third-order valence-electron chi connectivity index (χ3n) is 6.56. The molecule has 0 fully saturated rings. The summed E-state index contributed by atoms with van der Waals surface area (Å²) in [5, 5.41) is 7.49. The molecule has 0 atom stereocenters. The molecule has 1 aromatic heterocycles. The van der Waals surface area contributed by atoms with E-state index >= 15 is 0 Å². The standard InChI is InChI=1S/C28H31N5O7S2/c1-4-40-28(37)33-15-14-21-22(17-33)41-26(23(21)25(35)31-27(36)29-2)30-24(34)19-10-12-20(13-11-19)42(38,39)32(3)16-18-8-6-5-7-9-18/h5-13H,4,14-17H2,1-3H3,(H,30,34)(H2,29,31,35,36). The van der Waals surface area contributed by atoms with Crippen LogP contribution in [0.1, 0.15) is 43.6 Å². The van der Waals surface area contributed by atoms with Crippen molar-refractivity contribution < 1.29 is 32.3 Å². The Morgan fingerprint density at radius 1 is 1.02 bits per heavy atom. The zero-order valence-electron chi connectivity index (χ0n) is 23.3. The number of thiophene rings is 1. The Kier molecular flexibility index (Phi) is 9.60. The van der Waals surface area contributed by atoms with Crippen molar-refractivity contribution in [1.29, 1.82) is 0 Å². The second-order valence-corrected chi connectivity index (χ2v) is 12.5. The van der Waals surface area contributed by atoms with E-state index in [-0.39, 0.29) is 40.7 Å². The summed E-state index contributed by atoms with van der Waals surface area (Å²) in [6, 6.07) is 13.9. The third-order valence-corrected chi connectivity index (χ3v) is 9.51. The highest BCUT2D eigenvalue weighted by atomic mass is 32.2. The van der Waals surface area contributed by atoms with Crippen LogP contribution in [-0.2, 0) is 34.3 Å². The molecule has 0 bridgehead atoms. The Hall–Kier alpha value is -4.27. The van der Waals surface area contributed by atoms with Gasteiger partial charge in [0.1, 0.15) is 5.00 Å². The number of ether oxygens (including phenoxy) is 1. The first-order valence-corrected chi connectivity index (χ1v) is 15.3. The van der Waals surface area contributed by atoms with E-state index in [0.717, 1.165) is 16.9 Å². The summed E-state index contributed by atoms with van der Waals surface area (Å²) in [5.74, 6) is -1.28. The lowest BCUT2D eigenvalue weighted by molar-refractivity contribution is 0.0963. The van der Waals surface area contributed by atoms with Crippen molar-refractivity contribution in [1.82, 2.24) is 19.8 Å². The second kappa shape index (κ2) is 13.1. The molecule has 0 saturated heterocycles. The maximum Gasteiger partial charge on any atom is 0.410 e. The monoisotopic (exact) mass is 613 g/mol. The van der Waals surface area contributed by atoms with Crippen molar-refractivity contribution in [2.24, 2.45) is 0 Å². The van der Waals surface area contributed by atoms with Gasteiger partial charge in [-0.25, -0.2) is 18.0 Å². The Bertz CT molecular complexity index is 1590. The molecule has 14 heteroatoms. The van der Waals surface area contributed by atoms with Gasteiger partial charge in [-0.05, 0) is 48.7 Å². The van der Waals surface area contributed by atoms with Crippen LogP contribution in [0.4, 0.5) is 14.6 Å². The van der Waals surface area contributed by atoms with Crippen LogP contribution in [0.25, 0.3) is 0 Å². The molecule has 12 nitrogen and oxygen atoms in total. The first kappa shape index (κ1) is 30.7. The van der Waals surface area contributed by atoms with Gasteiger partial charge in [-0.2, -0.15) is 4.31 Å². The molecule has 4 rings (SSSR count). The van der Waals surface area contributed by atoms with Gasteiger partial charge in [-0.1, -0.05) is 30.3 Å². The summed E-state index contributed by atoms with van der Waals surface area (Å²) in [4.78, 5) is 52.6. The van der Waals surface area contributed by atoms with Crippen molar-refractivity contribution >= 4 is 50.3 Å². The van der Waals surface area contributed by atoms with E-state index in [0.29, 0.717) is 23.4 Å². The van der Waals surface area contributed by atoms with Crippen LogP contribution in [0, 0.1) is 0 Å². The number of imide groups is 1. The maximum absolute atomic E-state index is 13.2. The van der Waals surface area contributed by atoms with Crippen LogP contribution in [-0.4, -0.2) is 68.8 Å². The topological polar surface area (TPSA) is 154 Å². The lowest BCUT2D eigenvalue weighted by Gasteiger charge is -2.26. The predicted octanol–water partition coefficient (Wildman–Crippen LogP) is 3.40. The molecular weight excluding hydrogens is 582 g/mol. The number of anilines is 1. The summed E-state index contributed by atoms with van der Waals surface area (Å²) in [6.07, 6.45) is -0.164. The summed E-state index contributed by atoms with van der Waals surface area (Å²) in [5.41, 5.74) is 1.76. The molecule has 0 unspecified atom stereocenters. The van der Waals surface area contributed by atoms with Crippen molar-refractivity contribution in [2.45, 2.75) is 31.3 Å². The summed E-state index contributed by atoms with van der Waals surface area (Å²) in [7, 11) is -0.967. The molecule has 0 spiro atoms. The minimum atomic E-state index is -3.82. The normalized spacial score (nSPS) is 12.8. The van der Waals surface area contributed by atoms with E-state index < -0.39 is 34.0 Å². The number of hydrogen-bond acceptors (Lipinski definition) is 8. The van der Waals surface area contributed by atoms with Crippen LogP contribution < -0.4 is 16.0 Å². The Labute approximate surface area is 247 Å². The largest absolute Gasteiger partial charge is 0.450 e. The van der Waals surface area contributed by atoms with Crippen LogP contribution >= 0.6 is 11.3 Å². The van der Waals surface area contributed by atoms with E-state index in [4.69, 9.17) is 4.74 Å². The number of benzene rings is 2. The van der Waals surface area contributed by atoms with Gasteiger partial charge in [0.05, 0.1) is 23.6 Å². The molecule has 0 radical (unpaired) electrons. The van der Waals surface area contributed by atoms with Crippen molar-refractivity contribution in [2.75, 3.05) is 32.6 Å². The van der Waals surface area contributed by atoms with Gasteiger partial charge >= 0.3 is 12.1 Å². The number of rotatable bonds is 8. The molecule has 3 N–H and O–H groups in total. The second-order valence-electron chi connectivity index (χ2n) is 9.34. The van der Waals surface area contributed by atoms with Crippen LogP contribution in [0.5, 0.6) is 0 Å². The van der Waals surface area contributed by atoms with Gasteiger partial charge in [0.25, 0.3) is 11.8 Å². The van der Waals surface area contributed by atoms with E-state index in [9.17, 15) is 27.6 Å². The summed E-state index contributed by atoms with van der Waals surface area (Å²) >= 11 is 1.12. The maximum atomic E-state index is 13.2. The van der Waals surface area contributed by atoms with Gasteiger partial charge in [-0.15, -0.1) is 11.3 Å². The number of nitrogens with one attached hydrogen (secondary N) is 3. The number of nitrogens with zero attached hydrogens (tertiary/aromatic N) is 2. The molecule has 1 aliphatic heterocycles. The molecule has 3 aromatic rings. The molecule has 5 amide bonds. The molecule has 2 aromatic carbocycles. The predicted molar refractivity (Wildman–Crippen MR) is 157 cm³/mol. The average Bonchev–Trinajstić information content (AvgIpc) is 3.34. The fourth-order valence-corrected chi connectivity index (χ4v) is 6.80. The van der Waals surface area contributed by atoms with Crippen molar-refractivity contribution in [3.05, 3.63) is 81.7 Å². The van der Waals surface area contributed by atoms with Crippen LogP contribution in [0.15, 0.2) is 59.5 Å². The van der Waals surface area contributed by atoms with Gasteiger partial charge in [0.2, 0.25) is 10.0 Å². The average molecular weight is 614 g/mol. The quantitative estimate of drug-likeness (QED) is 0.352. The highest BCUT2D eigenvalue weighted by molar-refractivity contribution is 7.89. The first-order chi connectivity index (χ1) is 20.0. The zero-order chi connectivity index (χ0) is 30.4. The first-order valence-electron chi connectivity index (χ1n) is 13.1. The van der Waals surface area contributed by atoms with Gasteiger partial charge in [0.15, 0.2) is 0 Å². The lowest BCUT2D eigenvalue weighted by Crippen LogP contribution is -2.39. The van der Waals surface area contributed by atoms with Gasteiger partial charge < -0.3 is 20.3 Å². The number of hydrogen-bond donors (Lipinski definition) is 3. The lowest BCUT2D eigenvalue weighted by atomic mass is 10.0. The molecule has 222 valence electrons. The fraction of sp³-hybridized carbons (Fsp3) is 0.286. The molecule has 1 aliphatic rings. The smallest absolute Gasteiger partial charge is 0.410 e. The minimum Gasteiger partial charge on any atom is -0.450 e. The number of amides is 5. The number of carbonyl (C=O) groups is 4. The van der Waals surface area contributed by atoms with Crippen LogP contribution in [0.3, 0.4) is 0 Å². The number of fused-ring (bicyclic) bond motifs is 1. The van der Waals surface area contributed by atoms with Crippen LogP contribution in [0.2, 0.25) is 0 Å². The highest BCUT2D eigenvalue weighted by Gasteiger charge is 2.31. The molecule has 0 aliphatic carbocycles. The number of carbonyl (C=O) groups excluding carboxylic acids is 4. The Balaban J connectivity index is 1.55. The summed E-state index contributed by atoms with van der Waals surface area (Å²) < 4.78 is 32.5. The van der Waals surface area contributed by atoms with E-state index in [2.05, 4.69) is 16.0 Å². The number of urea groups is 1. The number of sulfonamides is 1. The fourth-order valence-electron chi connectivity index (χ4n) is 4.39.